The summed E-state index contributed by atoms with van der Waals surface area (Å²) in [6.07, 6.45) is 4.59. The maximum Gasteiger partial charge on any atom is 0.0502 e. The SMILES string of the molecule is CC[Si]1(C)CCCCC1. The Kier molecular flexibility index (Phi) is 2.33. The first kappa shape index (κ1) is 7.33. The molecule has 0 bridgehead atoms. The molecule has 1 heterocycles. The summed E-state index contributed by atoms with van der Waals surface area (Å²) in [4.78, 5) is 0. The van der Waals surface area contributed by atoms with E-state index in [9.17, 15) is 0 Å². The van der Waals surface area contributed by atoms with Crippen molar-refractivity contribution in [3.05, 3.63) is 0 Å². The Hall–Kier alpha value is 0.217. The summed E-state index contributed by atoms with van der Waals surface area (Å²) in [5.74, 6) is 0. The first-order valence-corrected chi connectivity index (χ1v) is 7.39. The van der Waals surface area contributed by atoms with E-state index >= 15 is 0 Å². The van der Waals surface area contributed by atoms with Gasteiger partial charge in [0.05, 0.1) is 8.07 Å². The lowest BCUT2D eigenvalue weighted by atomic mass is 10.3. The minimum atomic E-state index is -0.611. The van der Waals surface area contributed by atoms with E-state index in [4.69, 9.17) is 0 Å². The van der Waals surface area contributed by atoms with Gasteiger partial charge in [-0.05, 0) is 0 Å². The molecule has 1 fully saturated rings. The summed E-state index contributed by atoms with van der Waals surface area (Å²) in [6, 6.07) is 4.75. The molecule has 0 aromatic heterocycles. The molecule has 1 aliphatic heterocycles. The molecule has 0 spiro atoms. The molecule has 1 rings (SSSR count). The minimum Gasteiger partial charge on any atom is -0.0692 e. The quantitative estimate of drug-likeness (QED) is 0.493. The van der Waals surface area contributed by atoms with Gasteiger partial charge in [-0.3, -0.25) is 0 Å². The molecule has 0 N–H and O–H groups in total. The molecule has 0 radical (unpaired) electrons. The number of hydrogen-bond acceptors (Lipinski definition) is 0. The Labute approximate surface area is 59.7 Å². The highest BCUT2D eigenvalue weighted by molar-refractivity contribution is 6.78. The van der Waals surface area contributed by atoms with Crippen LogP contribution in [0, 0.1) is 0 Å². The molecular weight excluding hydrogens is 124 g/mol. The lowest BCUT2D eigenvalue weighted by molar-refractivity contribution is 0.708. The molecule has 0 amide bonds. The van der Waals surface area contributed by atoms with E-state index in [1.807, 2.05) is 0 Å². The van der Waals surface area contributed by atoms with Crippen molar-refractivity contribution in [2.24, 2.45) is 0 Å². The topological polar surface area (TPSA) is 0 Å². The van der Waals surface area contributed by atoms with E-state index in [-0.39, 0.29) is 0 Å². The minimum absolute atomic E-state index is 0.611. The average Bonchev–Trinajstić information content (AvgIpc) is 1.90. The predicted octanol–water partition coefficient (Wildman–Crippen LogP) is 3.27. The van der Waals surface area contributed by atoms with Gasteiger partial charge in [-0.1, -0.05) is 50.9 Å². The zero-order valence-corrected chi connectivity index (χ0v) is 7.74. The monoisotopic (exact) mass is 142 g/mol. The normalized spacial score (nSPS) is 26.0. The van der Waals surface area contributed by atoms with Crippen molar-refractivity contribution in [1.29, 1.82) is 0 Å². The molecule has 0 saturated carbocycles. The van der Waals surface area contributed by atoms with E-state index in [0.29, 0.717) is 0 Å². The second kappa shape index (κ2) is 2.87. The smallest absolute Gasteiger partial charge is 0.0502 e. The van der Waals surface area contributed by atoms with E-state index in [1.165, 1.54) is 25.3 Å². The highest BCUT2D eigenvalue weighted by Crippen LogP contribution is 2.30. The van der Waals surface area contributed by atoms with Gasteiger partial charge in [0.15, 0.2) is 0 Å². The molecule has 0 atom stereocenters. The Morgan fingerprint density at radius 1 is 1.11 bits per heavy atom. The molecule has 0 aromatic rings. The molecular formula is C8H18Si. The molecule has 1 aliphatic rings. The first-order valence-electron chi connectivity index (χ1n) is 4.27. The van der Waals surface area contributed by atoms with Crippen molar-refractivity contribution in [3.63, 3.8) is 0 Å². The molecule has 0 aromatic carbocycles. The van der Waals surface area contributed by atoms with Crippen molar-refractivity contribution >= 4 is 8.07 Å². The summed E-state index contributed by atoms with van der Waals surface area (Å²) in [6.45, 7) is 4.96. The summed E-state index contributed by atoms with van der Waals surface area (Å²) < 4.78 is 0. The summed E-state index contributed by atoms with van der Waals surface area (Å²) in [5.41, 5.74) is 0. The van der Waals surface area contributed by atoms with Gasteiger partial charge in [0.2, 0.25) is 0 Å². The van der Waals surface area contributed by atoms with Crippen LogP contribution in [0.3, 0.4) is 0 Å². The van der Waals surface area contributed by atoms with E-state index in [0.717, 1.165) is 0 Å². The molecule has 54 valence electrons. The van der Waals surface area contributed by atoms with Crippen LogP contribution in [0.2, 0.25) is 24.7 Å². The van der Waals surface area contributed by atoms with Crippen LogP contribution in [0.5, 0.6) is 0 Å². The lowest BCUT2D eigenvalue weighted by Crippen LogP contribution is -2.30. The van der Waals surface area contributed by atoms with Crippen LogP contribution >= 0.6 is 0 Å². The van der Waals surface area contributed by atoms with Gasteiger partial charge in [0, 0.05) is 0 Å². The van der Waals surface area contributed by atoms with Crippen LogP contribution in [0.15, 0.2) is 0 Å². The second-order valence-corrected chi connectivity index (χ2v) is 9.05. The van der Waals surface area contributed by atoms with E-state index in [1.54, 1.807) is 12.1 Å². The van der Waals surface area contributed by atoms with Crippen LogP contribution < -0.4 is 0 Å². The van der Waals surface area contributed by atoms with E-state index < -0.39 is 8.07 Å². The zero-order valence-electron chi connectivity index (χ0n) is 6.74. The molecule has 0 unspecified atom stereocenters. The summed E-state index contributed by atoms with van der Waals surface area (Å²) >= 11 is 0. The Balaban J connectivity index is 2.37. The molecule has 9 heavy (non-hydrogen) atoms. The molecule has 0 aliphatic carbocycles. The van der Waals surface area contributed by atoms with Gasteiger partial charge in [0.25, 0.3) is 0 Å². The van der Waals surface area contributed by atoms with E-state index in [2.05, 4.69) is 13.5 Å². The van der Waals surface area contributed by atoms with Crippen LogP contribution in [0.1, 0.15) is 26.2 Å². The standard InChI is InChI=1S/C8H18Si/c1-3-9(2)7-5-4-6-8-9/h3-8H2,1-2H3. The third-order valence-corrected chi connectivity index (χ3v) is 7.74. The Morgan fingerprint density at radius 3 is 2.00 bits per heavy atom. The highest BCUT2D eigenvalue weighted by Gasteiger charge is 2.26. The fraction of sp³-hybridized carbons (Fsp3) is 1.00. The third-order valence-electron chi connectivity index (χ3n) is 2.91. The zero-order chi connectivity index (χ0) is 6.74. The van der Waals surface area contributed by atoms with Crippen LogP contribution in [-0.4, -0.2) is 8.07 Å². The Morgan fingerprint density at radius 2 is 1.67 bits per heavy atom. The third kappa shape index (κ3) is 1.82. The predicted molar refractivity (Wildman–Crippen MR) is 45.6 cm³/mol. The van der Waals surface area contributed by atoms with Crippen molar-refractivity contribution in [2.75, 3.05) is 0 Å². The van der Waals surface area contributed by atoms with Gasteiger partial charge < -0.3 is 0 Å². The van der Waals surface area contributed by atoms with Crippen LogP contribution in [0.4, 0.5) is 0 Å². The fourth-order valence-electron chi connectivity index (χ4n) is 1.76. The largest absolute Gasteiger partial charge is 0.0692 e. The fourth-order valence-corrected chi connectivity index (χ4v) is 4.92. The van der Waals surface area contributed by atoms with Crippen molar-refractivity contribution in [3.8, 4) is 0 Å². The van der Waals surface area contributed by atoms with Gasteiger partial charge in [-0.25, -0.2) is 0 Å². The maximum absolute atomic E-state index is 2.58. The highest BCUT2D eigenvalue weighted by atomic mass is 28.3. The average molecular weight is 142 g/mol. The summed E-state index contributed by atoms with van der Waals surface area (Å²) in [7, 11) is -0.611. The molecule has 0 nitrogen and oxygen atoms in total. The first-order chi connectivity index (χ1) is 4.27. The molecule has 1 saturated heterocycles. The van der Waals surface area contributed by atoms with Crippen molar-refractivity contribution in [1.82, 2.24) is 0 Å². The maximum atomic E-state index is 2.58. The lowest BCUT2D eigenvalue weighted by Gasteiger charge is -2.29. The van der Waals surface area contributed by atoms with Gasteiger partial charge in [-0.15, -0.1) is 0 Å². The second-order valence-electron chi connectivity index (χ2n) is 3.72. The van der Waals surface area contributed by atoms with Crippen LogP contribution in [-0.2, 0) is 0 Å². The van der Waals surface area contributed by atoms with Gasteiger partial charge in [-0.2, -0.15) is 0 Å². The number of rotatable bonds is 1. The summed E-state index contributed by atoms with van der Waals surface area (Å²) in [5, 5.41) is 0. The molecule has 1 heteroatoms. The van der Waals surface area contributed by atoms with Crippen LogP contribution in [0.25, 0.3) is 0 Å². The number of hydrogen-bond donors (Lipinski definition) is 0. The Bertz CT molecular complexity index is 82.6. The van der Waals surface area contributed by atoms with Crippen molar-refractivity contribution in [2.45, 2.75) is 50.9 Å². The van der Waals surface area contributed by atoms with Crippen molar-refractivity contribution < 1.29 is 0 Å². The van der Waals surface area contributed by atoms with Gasteiger partial charge in [0.1, 0.15) is 0 Å². The van der Waals surface area contributed by atoms with Gasteiger partial charge >= 0.3 is 0 Å².